The number of thioether (sulfide) groups is 1. The average Bonchev–Trinajstić information content (AvgIpc) is 2.26. The van der Waals surface area contributed by atoms with Crippen molar-refractivity contribution in [3.8, 4) is 0 Å². The molecule has 0 radical (unpaired) electrons. The van der Waals surface area contributed by atoms with Crippen LogP contribution < -0.4 is 5.73 Å². The Morgan fingerprint density at radius 1 is 1.64 bits per heavy atom. The van der Waals surface area contributed by atoms with E-state index >= 15 is 0 Å². The monoisotopic (exact) mass is 217 g/mol. The summed E-state index contributed by atoms with van der Waals surface area (Å²) >= 11 is 1.22. The predicted octanol–water partition coefficient (Wildman–Crippen LogP) is 0.337. The first-order chi connectivity index (χ1) is 6.34. The maximum atomic E-state index is 11.5. The zero-order valence-electron chi connectivity index (χ0n) is 8.10. The summed E-state index contributed by atoms with van der Waals surface area (Å²) in [5, 5.41) is 3.79. The van der Waals surface area contributed by atoms with Gasteiger partial charge in [0.1, 0.15) is 0 Å². The van der Waals surface area contributed by atoms with Crippen molar-refractivity contribution < 1.29 is 14.4 Å². The van der Waals surface area contributed by atoms with Crippen LogP contribution in [0.4, 0.5) is 4.79 Å². The highest BCUT2D eigenvalue weighted by Crippen LogP contribution is 2.35. The van der Waals surface area contributed by atoms with E-state index < -0.39 is 10.8 Å². The number of carbonyl (C=O) groups excluding carboxylic acids is 2. The van der Waals surface area contributed by atoms with E-state index in [0.29, 0.717) is 5.17 Å². The molecule has 7 heteroatoms. The smallest absolute Gasteiger partial charge is 0.333 e. The first-order valence-corrected chi connectivity index (χ1v) is 4.68. The van der Waals surface area contributed by atoms with E-state index in [4.69, 9.17) is 5.73 Å². The molecular weight excluding hydrogens is 206 g/mol. The van der Waals surface area contributed by atoms with Gasteiger partial charge in [0.15, 0.2) is 0 Å². The summed E-state index contributed by atoms with van der Waals surface area (Å²) in [6.07, 6.45) is -0.997. The fourth-order valence-corrected chi connectivity index (χ4v) is 1.97. The number of hydrogen-bond donors (Lipinski definition) is 1. The lowest BCUT2D eigenvalue weighted by Gasteiger charge is -2.11. The second-order valence-corrected chi connectivity index (χ2v) is 4.85. The van der Waals surface area contributed by atoms with E-state index in [9.17, 15) is 9.59 Å². The number of oxime groups is 1. The maximum absolute atomic E-state index is 11.5. The Kier molecular flexibility index (Phi) is 2.70. The quantitative estimate of drug-likeness (QED) is 0.507. The molecule has 0 atom stereocenters. The van der Waals surface area contributed by atoms with E-state index in [1.165, 1.54) is 16.7 Å². The summed E-state index contributed by atoms with van der Waals surface area (Å²) in [4.78, 5) is 27.4. The molecule has 0 unspecified atom stereocenters. The van der Waals surface area contributed by atoms with Crippen LogP contribution in [0.5, 0.6) is 0 Å². The summed E-state index contributed by atoms with van der Waals surface area (Å²) in [6.45, 7) is 3.53. The molecule has 0 aromatic rings. The van der Waals surface area contributed by atoms with Gasteiger partial charge < -0.3 is 5.73 Å². The molecule has 2 amide bonds. The lowest BCUT2D eigenvalue weighted by Crippen LogP contribution is -2.32. The van der Waals surface area contributed by atoms with Gasteiger partial charge in [0, 0.05) is 7.05 Å². The summed E-state index contributed by atoms with van der Waals surface area (Å²) in [6, 6.07) is 0. The Balaban J connectivity index is 2.80. The molecule has 1 aliphatic heterocycles. The molecule has 0 spiro atoms. The van der Waals surface area contributed by atoms with Crippen LogP contribution >= 0.6 is 11.8 Å². The van der Waals surface area contributed by atoms with Crippen LogP contribution in [-0.4, -0.2) is 33.9 Å². The van der Waals surface area contributed by atoms with Crippen LogP contribution in [0.15, 0.2) is 5.16 Å². The molecule has 1 aliphatic rings. The Labute approximate surface area is 85.4 Å². The Bertz CT molecular complexity index is 313. The number of hydrogen-bond acceptors (Lipinski definition) is 5. The summed E-state index contributed by atoms with van der Waals surface area (Å²) in [5.74, 6) is -0.0886. The minimum atomic E-state index is -0.997. The van der Waals surface area contributed by atoms with Crippen LogP contribution in [-0.2, 0) is 9.63 Å². The van der Waals surface area contributed by atoms with E-state index in [0.717, 1.165) is 0 Å². The van der Waals surface area contributed by atoms with Gasteiger partial charge in [0.05, 0.1) is 4.75 Å². The summed E-state index contributed by atoms with van der Waals surface area (Å²) in [7, 11) is 1.56. The van der Waals surface area contributed by atoms with Gasteiger partial charge in [-0.1, -0.05) is 11.8 Å². The molecule has 0 aliphatic carbocycles. The van der Waals surface area contributed by atoms with Crippen LogP contribution in [0.2, 0.25) is 0 Å². The second-order valence-electron chi connectivity index (χ2n) is 3.26. The largest absolute Gasteiger partial charge is 0.430 e. The highest BCUT2D eigenvalue weighted by atomic mass is 32.2. The van der Waals surface area contributed by atoms with Gasteiger partial charge in [-0.2, -0.15) is 0 Å². The minimum Gasteiger partial charge on any atom is -0.333 e. The van der Waals surface area contributed by atoms with Gasteiger partial charge in [-0.15, -0.1) is 0 Å². The third-order valence-electron chi connectivity index (χ3n) is 1.67. The van der Waals surface area contributed by atoms with E-state index in [1.54, 1.807) is 20.9 Å². The van der Waals surface area contributed by atoms with Gasteiger partial charge in [-0.3, -0.25) is 14.5 Å². The zero-order valence-corrected chi connectivity index (χ0v) is 8.92. The number of carbonyl (C=O) groups is 2. The number of nitrogens with zero attached hydrogens (tertiary/aromatic N) is 2. The normalized spacial score (nSPS) is 22.9. The van der Waals surface area contributed by atoms with E-state index in [2.05, 4.69) is 9.99 Å². The molecule has 78 valence electrons. The second kappa shape index (κ2) is 3.49. The molecule has 1 fully saturated rings. The Morgan fingerprint density at radius 3 is 2.57 bits per heavy atom. The van der Waals surface area contributed by atoms with Crippen molar-refractivity contribution in [2.24, 2.45) is 10.9 Å². The first-order valence-electron chi connectivity index (χ1n) is 3.86. The van der Waals surface area contributed by atoms with Crippen molar-refractivity contribution in [3.05, 3.63) is 0 Å². The third kappa shape index (κ3) is 1.98. The molecule has 6 nitrogen and oxygen atoms in total. The van der Waals surface area contributed by atoms with Crippen LogP contribution in [0.25, 0.3) is 0 Å². The van der Waals surface area contributed by atoms with Gasteiger partial charge in [0.25, 0.3) is 0 Å². The zero-order chi connectivity index (χ0) is 10.9. The van der Waals surface area contributed by atoms with Gasteiger partial charge in [0.2, 0.25) is 11.1 Å². The van der Waals surface area contributed by atoms with Crippen molar-refractivity contribution in [3.63, 3.8) is 0 Å². The lowest BCUT2D eigenvalue weighted by molar-refractivity contribution is -0.127. The lowest BCUT2D eigenvalue weighted by atomic mass is 10.2. The fraction of sp³-hybridized carbons (Fsp3) is 0.571. The topological polar surface area (TPSA) is 85.0 Å². The number of nitrogens with two attached hydrogens (primary N) is 1. The average molecular weight is 217 g/mol. The van der Waals surface area contributed by atoms with Crippen LogP contribution in [0, 0.1) is 0 Å². The van der Waals surface area contributed by atoms with Crippen molar-refractivity contribution in [1.82, 2.24) is 4.90 Å². The molecule has 1 rings (SSSR count). The molecule has 0 aromatic carbocycles. The predicted molar refractivity (Wildman–Crippen MR) is 52.5 cm³/mol. The third-order valence-corrected chi connectivity index (χ3v) is 2.88. The summed E-state index contributed by atoms with van der Waals surface area (Å²) in [5.41, 5.74) is 4.74. The SMILES string of the molecule is CN1C(=O)C(C)(C)S/C1=N/OC(N)=O. The van der Waals surface area contributed by atoms with Crippen LogP contribution in [0.3, 0.4) is 0 Å². The number of rotatable bonds is 1. The van der Waals surface area contributed by atoms with E-state index in [-0.39, 0.29) is 5.91 Å². The van der Waals surface area contributed by atoms with Crippen molar-refractivity contribution in [2.45, 2.75) is 18.6 Å². The molecule has 0 aromatic heterocycles. The minimum absolute atomic E-state index is 0.0886. The van der Waals surface area contributed by atoms with Crippen molar-refractivity contribution in [1.29, 1.82) is 0 Å². The van der Waals surface area contributed by atoms with Crippen molar-refractivity contribution >= 4 is 28.9 Å². The maximum Gasteiger partial charge on any atom is 0.430 e. The van der Waals surface area contributed by atoms with Gasteiger partial charge in [-0.05, 0) is 19.0 Å². The standard InChI is InChI=1S/C7H11N3O3S/c1-7(2)4(11)10(3)6(14-7)9-13-5(8)12/h1-3H3,(H2,8,12)/b9-6+. The Morgan fingerprint density at radius 2 is 2.21 bits per heavy atom. The molecule has 1 heterocycles. The molecule has 1 saturated heterocycles. The van der Waals surface area contributed by atoms with E-state index in [1.807, 2.05) is 0 Å². The molecule has 0 saturated carbocycles. The first kappa shape index (κ1) is 10.8. The molecule has 0 bridgehead atoms. The Hall–Kier alpha value is -1.24. The van der Waals surface area contributed by atoms with Gasteiger partial charge in [-0.25, -0.2) is 4.79 Å². The molecule has 14 heavy (non-hydrogen) atoms. The number of primary amides is 1. The highest BCUT2D eigenvalue weighted by molar-refractivity contribution is 8.16. The van der Waals surface area contributed by atoms with Crippen molar-refractivity contribution in [2.75, 3.05) is 7.05 Å². The van der Waals surface area contributed by atoms with Crippen LogP contribution in [0.1, 0.15) is 13.8 Å². The number of amidine groups is 1. The number of amides is 2. The highest BCUT2D eigenvalue weighted by Gasteiger charge is 2.43. The molecular formula is C7H11N3O3S. The van der Waals surface area contributed by atoms with Gasteiger partial charge >= 0.3 is 6.09 Å². The summed E-state index contributed by atoms with van der Waals surface area (Å²) < 4.78 is -0.575. The fourth-order valence-electron chi connectivity index (χ4n) is 0.995. The molecule has 2 N–H and O–H groups in total.